The lowest BCUT2D eigenvalue weighted by atomic mass is 10.1. The van der Waals surface area contributed by atoms with Gasteiger partial charge in [0.05, 0.1) is 6.61 Å². The van der Waals surface area contributed by atoms with Crippen LogP contribution in [0.1, 0.15) is 18.1 Å². The number of aromatic nitrogens is 2. The van der Waals surface area contributed by atoms with Gasteiger partial charge in [-0.1, -0.05) is 29.2 Å². The van der Waals surface area contributed by atoms with Gasteiger partial charge in [0.2, 0.25) is 5.13 Å². The highest BCUT2D eigenvalue weighted by atomic mass is 32.2. The van der Waals surface area contributed by atoms with E-state index in [0.29, 0.717) is 18.3 Å². The van der Waals surface area contributed by atoms with Gasteiger partial charge in [-0.05, 0) is 44.0 Å². The minimum atomic E-state index is -0.324. The van der Waals surface area contributed by atoms with Crippen LogP contribution in [0.15, 0.2) is 22.5 Å². The number of ether oxygens (including phenoxy) is 1. The molecule has 1 aromatic heterocycles. The van der Waals surface area contributed by atoms with Gasteiger partial charge in [-0.3, -0.25) is 5.32 Å². The quantitative estimate of drug-likeness (QED) is 0.449. The maximum atomic E-state index is 12.0. The van der Waals surface area contributed by atoms with Crippen LogP contribution >= 0.6 is 23.1 Å². The van der Waals surface area contributed by atoms with Crippen LogP contribution in [0.3, 0.4) is 0 Å². The molecular formula is C15H20N4O2S2. The molecule has 0 spiro atoms. The van der Waals surface area contributed by atoms with Gasteiger partial charge in [-0.25, -0.2) is 4.79 Å². The topological polar surface area (TPSA) is 76.1 Å². The summed E-state index contributed by atoms with van der Waals surface area (Å²) in [5.41, 5.74) is 3.07. The predicted octanol–water partition coefficient (Wildman–Crippen LogP) is 3.93. The Balaban J connectivity index is 1.83. The van der Waals surface area contributed by atoms with Crippen molar-refractivity contribution >= 4 is 39.9 Å². The summed E-state index contributed by atoms with van der Waals surface area (Å²) in [6, 6.07) is 5.46. The molecule has 0 bridgehead atoms. The molecule has 23 heavy (non-hydrogen) atoms. The lowest BCUT2D eigenvalue weighted by Gasteiger charge is -2.07. The highest BCUT2D eigenvalue weighted by molar-refractivity contribution is 8.01. The zero-order valence-corrected chi connectivity index (χ0v) is 15.0. The van der Waals surface area contributed by atoms with Crippen LogP contribution in [0.25, 0.3) is 0 Å². The molecule has 0 saturated heterocycles. The van der Waals surface area contributed by atoms with Crippen molar-refractivity contribution in [3.63, 3.8) is 0 Å². The maximum absolute atomic E-state index is 12.0. The molecule has 0 aliphatic carbocycles. The largest absolute Gasteiger partial charge is 0.381 e. The summed E-state index contributed by atoms with van der Waals surface area (Å²) in [6.45, 7) is 7.39. The number of rotatable bonds is 7. The summed E-state index contributed by atoms with van der Waals surface area (Å²) in [6.07, 6.45) is 0. The Morgan fingerprint density at radius 1 is 1.26 bits per heavy atom. The van der Waals surface area contributed by atoms with Gasteiger partial charge < -0.3 is 10.1 Å². The number of anilines is 2. The third-order valence-electron chi connectivity index (χ3n) is 3.05. The summed E-state index contributed by atoms with van der Waals surface area (Å²) >= 11 is 2.91. The van der Waals surface area contributed by atoms with Crippen LogP contribution in [0, 0.1) is 13.8 Å². The first-order chi connectivity index (χ1) is 11.1. The summed E-state index contributed by atoms with van der Waals surface area (Å²) in [5.74, 6) is 0.817. The Morgan fingerprint density at radius 2 is 2.09 bits per heavy atom. The van der Waals surface area contributed by atoms with Crippen LogP contribution in [-0.2, 0) is 4.74 Å². The molecule has 2 aromatic rings. The van der Waals surface area contributed by atoms with E-state index in [-0.39, 0.29) is 6.03 Å². The van der Waals surface area contributed by atoms with Crippen LogP contribution in [0.5, 0.6) is 0 Å². The SMILES string of the molecule is CCOCCSc1nnc(NC(=O)Nc2ccc(C)c(C)c2)s1. The normalized spacial score (nSPS) is 10.6. The third-order valence-corrected chi connectivity index (χ3v) is 4.99. The number of benzene rings is 1. The summed E-state index contributed by atoms with van der Waals surface area (Å²) < 4.78 is 6.08. The Morgan fingerprint density at radius 3 is 2.83 bits per heavy atom. The molecule has 8 heteroatoms. The fourth-order valence-corrected chi connectivity index (χ4v) is 3.40. The highest BCUT2D eigenvalue weighted by Gasteiger charge is 2.09. The Kier molecular flexibility index (Phi) is 6.82. The molecule has 2 amide bonds. The standard InChI is InChI=1S/C15H20N4O2S2/c1-4-21-7-8-22-15-19-18-14(23-15)17-13(20)16-12-6-5-10(2)11(3)9-12/h5-6,9H,4,7-8H2,1-3H3,(H2,16,17,18,20). The molecule has 0 saturated carbocycles. The van der Waals surface area contributed by atoms with Crippen LogP contribution in [0.4, 0.5) is 15.6 Å². The van der Waals surface area contributed by atoms with E-state index in [9.17, 15) is 4.79 Å². The Labute approximate surface area is 144 Å². The average Bonchev–Trinajstić information content (AvgIpc) is 2.95. The van der Waals surface area contributed by atoms with Crippen LogP contribution in [-0.4, -0.2) is 35.2 Å². The van der Waals surface area contributed by atoms with E-state index in [0.717, 1.165) is 21.3 Å². The third kappa shape index (κ3) is 5.81. The van der Waals surface area contributed by atoms with E-state index in [1.165, 1.54) is 16.9 Å². The van der Waals surface area contributed by atoms with Crippen molar-refractivity contribution in [1.29, 1.82) is 0 Å². The average molecular weight is 352 g/mol. The van der Waals surface area contributed by atoms with Crippen molar-refractivity contribution in [2.24, 2.45) is 0 Å². The van der Waals surface area contributed by atoms with E-state index in [4.69, 9.17) is 4.74 Å². The number of hydrogen-bond donors (Lipinski definition) is 2. The second-order valence-corrected chi connectivity index (χ2v) is 7.12. The van der Waals surface area contributed by atoms with Gasteiger partial charge >= 0.3 is 6.03 Å². The predicted molar refractivity (Wildman–Crippen MR) is 95.7 cm³/mol. The molecule has 0 fully saturated rings. The number of nitrogens with zero attached hydrogens (tertiary/aromatic N) is 2. The number of thioether (sulfide) groups is 1. The zero-order valence-electron chi connectivity index (χ0n) is 13.4. The number of carbonyl (C=O) groups is 1. The van der Waals surface area contributed by atoms with E-state index in [2.05, 4.69) is 20.8 Å². The molecule has 1 heterocycles. The van der Waals surface area contributed by atoms with E-state index >= 15 is 0 Å². The van der Waals surface area contributed by atoms with Gasteiger partial charge in [0.15, 0.2) is 4.34 Å². The minimum absolute atomic E-state index is 0.324. The van der Waals surface area contributed by atoms with Gasteiger partial charge in [-0.15, -0.1) is 10.2 Å². The maximum Gasteiger partial charge on any atom is 0.325 e. The lowest BCUT2D eigenvalue weighted by Crippen LogP contribution is -2.19. The van der Waals surface area contributed by atoms with Gasteiger partial charge in [0.25, 0.3) is 0 Å². The van der Waals surface area contributed by atoms with E-state index in [1.54, 1.807) is 11.8 Å². The second kappa shape index (κ2) is 8.85. The van der Waals surface area contributed by atoms with Gasteiger partial charge in [0, 0.05) is 18.0 Å². The second-order valence-electron chi connectivity index (χ2n) is 4.80. The lowest BCUT2D eigenvalue weighted by molar-refractivity contribution is 0.164. The van der Waals surface area contributed by atoms with Crippen molar-refractivity contribution in [3.8, 4) is 0 Å². The molecule has 1 aromatic carbocycles. The van der Waals surface area contributed by atoms with Crippen molar-refractivity contribution in [2.45, 2.75) is 25.1 Å². The Hall–Kier alpha value is -1.64. The molecule has 0 atom stereocenters. The van der Waals surface area contributed by atoms with Crippen molar-refractivity contribution in [2.75, 3.05) is 29.6 Å². The van der Waals surface area contributed by atoms with Crippen molar-refractivity contribution < 1.29 is 9.53 Å². The van der Waals surface area contributed by atoms with E-state index in [1.807, 2.05) is 39.0 Å². The first-order valence-electron chi connectivity index (χ1n) is 7.27. The summed E-state index contributed by atoms with van der Waals surface area (Å²) in [4.78, 5) is 12.0. The number of urea groups is 1. The molecule has 6 nitrogen and oxygen atoms in total. The molecule has 0 unspecified atom stereocenters. The van der Waals surface area contributed by atoms with E-state index < -0.39 is 0 Å². The highest BCUT2D eigenvalue weighted by Crippen LogP contribution is 2.25. The Bertz CT molecular complexity index is 661. The fourth-order valence-electron chi connectivity index (χ4n) is 1.73. The molecule has 0 radical (unpaired) electrons. The first-order valence-corrected chi connectivity index (χ1v) is 9.08. The number of hydrogen-bond acceptors (Lipinski definition) is 6. The fraction of sp³-hybridized carbons (Fsp3) is 0.400. The first kappa shape index (κ1) is 17.7. The minimum Gasteiger partial charge on any atom is -0.381 e. The number of nitrogens with one attached hydrogen (secondary N) is 2. The number of amides is 2. The molecule has 0 aliphatic rings. The monoisotopic (exact) mass is 352 g/mol. The zero-order chi connectivity index (χ0) is 16.7. The summed E-state index contributed by atoms with van der Waals surface area (Å²) in [5, 5.41) is 14.0. The smallest absolute Gasteiger partial charge is 0.325 e. The van der Waals surface area contributed by atoms with Crippen LogP contribution in [0.2, 0.25) is 0 Å². The molecular weight excluding hydrogens is 332 g/mol. The summed E-state index contributed by atoms with van der Waals surface area (Å²) in [7, 11) is 0. The van der Waals surface area contributed by atoms with Gasteiger partial charge in [0.1, 0.15) is 0 Å². The van der Waals surface area contributed by atoms with Crippen LogP contribution < -0.4 is 10.6 Å². The van der Waals surface area contributed by atoms with Crippen molar-refractivity contribution in [3.05, 3.63) is 29.3 Å². The molecule has 0 aliphatic heterocycles. The molecule has 124 valence electrons. The number of carbonyl (C=O) groups excluding carboxylic acids is 1. The number of aryl methyl sites for hydroxylation is 2. The molecule has 2 rings (SSSR count). The van der Waals surface area contributed by atoms with Crippen molar-refractivity contribution in [1.82, 2.24) is 10.2 Å². The molecule has 2 N–H and O–H groups in total. The van der Waals surface area contributed by atoms with Gasteiger partial charge in [-0.2, -0.15) is 0 Å².